The molecule has 7 heteroatoms. The highest BCUT2D eigenvalue weighted by molar-refractivity contribution is 5.91. The van der Waals surface area contributed by atoms with Crippen molar-refractivity contribution in [3.8, 4) is 11.5 Å². The molecule has 7 nitrogen and oxygen atoms in total. The van der Waals surface area contributed by atoms with Crippen LogP contribution in [-0.4, -0.2) is 30.9 Å². The maximum absolute atomic E-state index is 11.7. The zero-order chi connectivity index (χ0) is 16.7. The van der Waals surface area contributed by atoms with Crippen LogP contribution in [0.25, 0.3) is 0 Å². The minimum atomic E-state index is -1.02. The number of amides is 2. The van der Waals surface area contributed by atoms with Gasteiger partial charge in [-0.2, -0.15) is 0 Å². The molecule has 0 fully saturated rings. The van der Waals surface area contributed by atoms with Crippen molar-refractivity contribution in [2.45, 2.75) is 0 Å². The number of urea groups is 1. The van der Waals surface area contributed by atoms with Crippen molar-refractivity contribution in [3.63, 3.8) is 0 Å². The fraction of sp³-hybridized carbons (Fsp3) is 0.125. The second-order valence-electron chi connectivity index (χ2n) is 4.45. The number of carboxylic acid groups (broad SMARTS) is 1. The van der Waals surface area contributed by atoms with Crippen LogP contribution < -0.4 is 20.1 Å². The summed E-state index contributed by atoms with van der Waals surface area (Å²) in [6, 6.07) is 12.4. The van der Waals surface area contributed by atoms with Crippen LogP contribution in [0.1, 0.15) is 10.4 Å². The molecule has 0 aliphatic heterocycles. The zero-order valence-corrected chi connectivity index (χ0v) is 12.4. The number of benzene rings is 2. The monoisotopic (exact) mass is 316 g/mol. The number of carboxylic acids is 1. The topological polar surface area (TPSA) is 96.9 Å². The summed E-state index contributed by atoms with van der Waals surface area (Å²) in [6.07, 6.45) is 0. The van der Waals surface area contributed by atoms with Crippen LogP contribution in [0, 0.1) is 0 Å². The summed E-state index contributed by atoms with van der Waals surface area (Å²) in [5.74, 6) is 0.0614. The molecular formula is C16H16N2O5. The summed E-state index contributed by atoms with van der Waals surface area (Å²) < 4.78 is 10.5. The molecule has 0 unspecified atom stereocenters. The summed E-state index contributed by atoms with van der Waals surface area (Å²) in [5.41, 5.74) is 0.625. The van der Waals surface area contributed by atoms with Crippen LogP contribution in [0.2, 0.25) is 0 Å². The third kappa shape index (κ3) is 4.63. The van der Waals surface area contributed by atoms with Crippen molar-refractivity contribution < 1.29 is 24.2 Å². The lowest BCUT2D eigenvalue weighted by atomic mass is 10.2. The van der Waals surface area contributed by atoms with Gasteiger partial charge in [0.2, 0.25) is 0 Å². The number of ether oxygens (including phenoxy) is 2. The standard InChI is InChI=1S/C16H16N2O5/c1-22-13-4-2-3-5-14(13)23-10-17-16(21)18-12-8-6-11(7-9-12)15(19)20/h2-9H,10H2,1H3,(H,19,20)(H2,17,18,21). The first kappa shape index (κ1) is 16.2. The highest BCUT2D eigenvalue weighted by atomic mass is 16.5. The first-order chi connectivity index (χ1) is 11.1. The molecule has 2 rings (SSSR count). The fourth-order valence-electron chi connectivity index (χ4n) is 1.79. The number of anilines is 1. The van der Waals surface area contributed by atoms with Crippen molar-refractivity contribution in [1.82, 2.24) is 5.32 Å². The second-order valence-corrected chi connectivity index (χ2v) is 4.45. The normalized spacial score (nSPS) is 9.78. The van der Waals surface area contributed by atoms with E-state index in [2.05, 4.69) is 10.6 Å². The molecule has 2 amide bonds. The SMILES string of the molecule is COc1ccccc1OCNC(=O)Nc1ccc(C(=O)O)cc1. The number of hydrogen-bond acceptors (Lipinski definition) is 4. The van der Waals surface area contributed by atoms with E-state index in [9.17, 15) is 9.59 Å². The van der Waals surface area contributed by atoms with Crippen LogP contribution in [-0.2, 0) is 0 Å². The van der Waals surface area contributed by atoms with E-state index in [0.717, 1.165) is 0 Å². The minimum Gasteiger partial charge on any atom is -0.493 e. The Bertz CT molecular complexity index is 685. The summed E-state index contributed by atoms with van der Waals surface area (Å²) in [5, 5.41) is 13.9. The second kappa shape index (κ2) is 7.69. The van der Waals surface area contributed by atoms with E-state index < -0.39 is 12.0 Å². The van der Waals surface area contributed by atoms with Crippen molar-refractivity contribution >= 4 is 17.7 Å². The lowest BCUT2D eigenvalue weighted by molar-refractivity contribution is 0.0697. The summed E-state index contributed by atoms with van der Waals surface area (Å²) in [6.45, 7) is -0.0422. The Morgan fingerprint density at radius 2 is 1.70 bits per heavy atom. The van der Waals surface area contributed by atoms with Gasteiger partial charge in [-0.05, 0) is 36.4 Å². The average molecular weight is 316 g/mol. The van der Waals surface area contributed by atoms with Crippen LogP contribution in [0.4, 0.5) is 10.5 Å². The fourth-order valence-corrected chi connectivity index (χ4v) is 1.79. The number of methoxy groups -OCH3 is 1. The van der Waals surface area contributed by atoms with Crippen molar-refractivity contribution in [2.24, 2.45) is 0 Å². The van der Waals surface area contributed by atoms with E-state index in [4.69, 9.17) is 14.6 Å². The Morgan fingerprint density at radius 1 is 1.04 bits per heavy atom. The molecule has 0 aromatic heterocycles. The van der Waals surface area contributed by atoms with Gasteiger partial charge in [-0.25, -0.2) is 9.59 Å². The lowest BCUT2D eigenvalue weighted by Crippen LogP contribution is -2.32. The molecule has 0 atom stereocenters. The molecule has 0 saturated carbocycles. The third-order valence-corrected chi connectivity index (χ3v) is 2.92. The molecule has 120 valence electrons. The third-order valence-electron chi connectivity index (χ3n) is 2.92. The predicted molar refractivity (Wildman–Crippen MR) is 84.0 cm³/mol. The Balaban J connectivity index is 1.82. The number of nitrogens with one attached hydrogen (secondary N) is 2. The number of carbonyl (C=O) groups excluding carboxylic acids is 1. The lowest BCUT2D eigenvalue weighted by Gasteiger charge is -2.11. The average Bonchev–Trinajstić information content (AvgIpc) is 2.55. The Hall–Kier alpha value is -3.22. The smallest absolute Gasteiger partial charge is 0.335 e. The summed E-state index contributed by atoms with van der Waals surface area (Å²) in [7, 11) is 1.53. The van der Waals surface area contributed by atoms with Gasteiger partial charge in [-0.15, -0.1) is 0 Å². The van der Waals surface area contributed by atoms with Gasteiger partial charge in [-0.1, -0.05) is 12.1 Å². The van der Waals surface area contributed by atoms with Gasteiger partial charge in [0.15, 0.2) is 18.2 Å². The molecule has 0 radical (unpaired) electrons. The predicted octanol–water partition coefficient (Wildman–Crippen LogP) is 2.55. The van der Waals surface area contributed by atoms with Gasteiger partial charge in [0.1, 0.15) is 0 Å². The zero-order valence-electron chi connectivity index (χ0n) is 12.4. The van der Waals surface area contributed by atoms with Gasteiger partial charge in [0, 0.05) is 5.69 Å². The maximum Gasteiger partial charge on any atom is 0.335 e. The van der Waals surface area contributed by atoms with Crippen molar-refractivity contribution in [1.29, 1.82) is 0 Å². The minimum absolute atomic E-state index is 0.0422. The quantitative estimate of drug-likeness (QED) is 0.712. The largest absolute Gasteiger partial charge is 0.493 e. The van der Waals surface area contributed by atoms with Crippen LogP contribution in [0.3, 0.4) is 0 Å². The van der Waals surface area contributed by atoms with Crippen LogP contribution >= 0.6 is 0 Å². The molecule has 0 bridgehead atoms. The Kier molecular flexibility index (Phi) is 5.40. The van der Waals surface area contributed by atoms with E-state index in [1.54, 1.807) is 18.2 Å². The Labute approximate surface area is 132 Å². The molecule has 2 aromatic carbocycles. The number of para-hydroxylation sites is 2. The highest BCUT2D eigenvalue weighted by Crippen LogP contribution is 2.25. The molecule has 0 saturated heterocycles. The van der Waals surface area contributed by atoms with E-state index >= 15 is 0 Å². The molecule has 0 heterocycles. The number of carbonyl (C=O) groups is 2. The van der Waals surface area contributed by atoms with E-state index in [-0.39, 0.29) is 12.3 Å². The molecule has 0 aliphatic rings. The molecular weight excluding hydrogens is 300 g/mol. The highest BCUT2D eigenvalue weighted by Gasteiger charge is 2.06. The van der Waals surface area contributed by atoms with E-state index in [1.165, 1.54) is 31.4 Å². The molecule has 0 aliphatic carbocycles. The van der Waals surface area contributed by atoms with Gasteiger partial charge in [-0.3, -0.25) is 0 Å². The van der Waals surface area contributed by atoms with Gasteiger partial charge in [0.25, 0.3) is 0 Å². The summed E-state index contributed by atoms with van der Waals surface area (Å²) >= 11 is 0. The number of rotatable bonds is 6. The number of hydrogen-bond donors (Lipinski definition) is 3. The van der Waals surface area contributed by atoms with Gasteiger partial charge < -0.3 is 25.2 Å². The first-order valence-electron chi connectivity index (χ1n) is 6.74. The van der Waals surface area contributed by atoms with Gasteiger partial charge >= 0.3 is 12.0 Å². The first-order valence-corrected chi connectivity index (χ1v) is 6.74. The van der Waals surface area contributed by atoms with Crippen LogP contribution in [0.15, 0.2) is 48.5 Å². The van der Waals surface area contributed by atoms with Crippen molar-refractivity contribution in [2.75, 3.05) is 19.2 Å². The van der Waals surface area contributed by atoms with E-state index in [1.807, 2.05) is 6.07 Å². The van der Waals surface area contributed by atoms with E-state index in [0.29, 0.717) is 17.2 Å². The van der Waals surface area contributed by atoms with Crippen molar-refractivity contribution in [3.05, 3.63) is 54.1 Å². The maximum atomic E-state index is 11.7. The van der Waals surface area contributed by atoms with Crippen LogP contribution in [0.5, 0.6) is 11.5 Å². The Morgan fingerprint density at radius 3 is 2.30 bits per heavy atom. The summed E-state index contributed by atoms with van der Waals surface area (Å²) in [4.78, 5) is 22.5. The molecule has 3 N–H and O–H groups in total. The number of aromatic carboxylic acids is 1. The molecule has 2 aromatic rings. The molecule has 23 heavy (non-hydrogen) atoms. The molecule has 0 spiro atoms. The van der Waals surface area contributed by atoms with Gasteiger partial charge in [0.05, 0.1) is 12.7 Å².